The predicted octanol–water partition coefficient (Wildman–Crippen LogP) is 2.74. The largest absolute Gasteiger partial charge is 0.573 e. The summed E-state index contributed by atoms with van der Waals surface area (Å²) >= 11 is 0. The molecule has 0 aliphatic carbocycles. The van der Waals surface area contributed by atoms with Gasteiger partial charge < -0.3 is 10.1 Å². The Morgan fingerprint density at radius 3 is 2.53 bits per heavy atom. The summed E-state index contributed by atoms with van der Waals surface area (Å²) < 4.78 is 54.7. The summed E-state index contributed by atoms with van der Waals surface area (Å²) in [6.07, 6.45) is -4.66. The lowest BCUT2D eigenvalue weighted by Gasteiger charge is -2.22. The van der Waals surface area contributed by atoms with Crippen molar-refractivity contribution in [3.63, 3.8) is 0 Å². The number of benzene rings is 1. The number of nitrogens with one attached hydrogen (secondary N) is 1. The molecule has 6 heteroatoms. The van der Waals surface area contributed by atoms with Crippen molar-refractivity contribution in [1.82, 2.24) is 5.32 Å². The molecule has 0 aromatic heterocycles. The van der Waals surface area contributed by atoms with E-state index in [1.807, 2.05) is 0 Å². The van der Waals surface area contributed by atoms with Gasteiger partial charge in [-0.15, -0.1) is 13.2 Å². The van der Waals surface area contributed by atoms with Crippen LogP contribution in [0.3, 0.4) is 0 Å². The average Bonchev–Trinajstić information content (AvgIpc) is 2.64. The minimum atomic E-state index is -4.81. The SMILES string of the molecule is FC(F)(F)Oc1ccccc1[C@@]1(F)CCNC1. The summed E-state index contributed by atoms with van der Waals surface area (Å²) in [5.41, 5.74) is -1.84. The minimum absolute atomic E-state index is 0.00519. The van der Waals surface area contributed by atoms with Crippen molar-refractivity contribution in [1.29, 1.82) is 0 Å². The van der Waals surface area contributed by atoms with E-state index in [9.17, 15) is 17.6 Å². The molecule has 0 spiro atoms. The zero-order chi connectivity index (χ0) is 12.5. The molecule has 1 fully saturated rings. The maximum atomic E-state index is 14.4. The number of alkyl halides is 4. The number of hydrogen-bond donors (Lipinski definition) is 1. The molecule has 1 saturated heterocycles. The van der Waals surface area contributed by atoms with Crippen LogP contribution in [0, 0.1) is 0 Å². The first kappa shape index (κ1) is 12.2. The Bertz CT molecular complexity index is 399. The third-order valence-electron chi connectivity index (χ3n) is 2.70. The van der Waals surface area contributed by atoms with Crippen LogP contribution in [-0.2, 0) is 5.67 Å². The second kappa shape index (κ2) is 4.18. The first-order valence-corrected chi connectivity index (χ1v) is 5.16. The van der Waals surface area contributed by atoms with E-state index in [2.05, 4.69) is 10.1 Å². The van der Waals surface area contributed by atoms with Gasteiger partial charge in [-0.05, 0) is 19.0 Å². The highest BCUT2D eigenvalue weighted by Gasteiger charge is 2.40. The Labute approximate surface area is 95.6 Å². The van der Waals surface area contributed by atoms with E-state index < -0.39 is 17.8 Å². The van der Waals surface area contributed by atoms with Crippen LogP contribution < -0.4 is 10.1 Å². The molecule has 0 bridgehead atoms. The number of halogens is 4. The van der Waals surface area contributed by atoms with Crippen molar-refractivity contribution in [2.75, 3.05) is 13.1 Å². The zero-order valence-electron chi connectivity index (χ0n) is 8.85. The van der Waals surface area contributed by atoms with Gasteiger partial charge in [-0.25, -0.2) is 4.39 Å². The first-order valence-electron chi connectivity index (χ1n) is 5.16. The lowest BCUT2D eigenvalue weighted by atomic mass is 9.94. The molecule has 0 saturated carbocycles. The molecule has 1 aliphatic rings. The summed E-state index contributed by atoms with van der Waals surface area (Å²) in [5, 5.41) is 2.79. The van der Waals surface area contributed by atoms with Gasteiger partial charge in [0, 0.05) is 12.1 Å². The molecule has 94 valence electrons. The molecular formula is C11H11F4NO. The van der Waals surface area contributed by atoms with Crippen molar-refractivity contribution in [2.45, 2.75) is 18.5 Å². The van der Waals surface area contributed by atoms with Gasteiger partial charge in [-0.1, -0.05) is 18.2 Å². The Balaban J connectivity index is 2.33. The quantitative estimate of drug-likeness (QED) is 0.814. The highest BCUT2D eigenvalue weighted by Crippen LogP contribution is 2.39. The van der Waals surface area contributed by atoms with Gasteiger partial charge in [-0.3, -0.25) is 0 Å². The van der Waals surface area contributed by atoms with Gasteiger partial charge in [0.25, 0.3) is 0 Å². The summed E-state index contributed by atoms with van der Waals surface area (Å²) in [4.78, 5) is 0. The second-order valence-electron chi connectivity index (χ2n) is 3.94. The van der Waals surface area contributed by atoms with Crippen molar-refractivity contribution in [3.8, 4) is 5.75 Å². The van der Waals surface area contributed by atoms with Gasteiger partial charge in [0.1, 0.15) is 5.75 Å². The third-order valence-corrected chi connectivity index (χ3v) is 2.70. The fourth-order valence-corrected chi connectivity index (χ4v) is 1.94. The summed E-state index contributed by atoms with van der Waals surface area (Å²) in [5.74, 6) is -0.466. The van der Waals surface area contributed by atoms with Crippen LogP contribution in [0.4, 0.5) is 17.6 Å². The average molecular weight is 249 g/mol. The zero-order valence-corrected chi connectivity index (χ0v) is 8.85. The number of ether oxygens (including phenoxy) is 1. The molecule has 1 N–H and O–H groups in total. The normalized spacial score (nSPS) is 24.9. The Morgan fingerprint density at radius 2 is 1.94 bits per heavy atom. The van der Waals surface area contributed by atoms with Crippen molar-refractivity contribution >= 4 is 0 Å². The molecule has 0 amide bonds. The monoisotopic (exact) mass is 249 g/mol. The summed E-state index contributed by atoms with van der Waals surface area (Å²) in [6.45, 7) is 0.447. The van der Waals surface area contributed by atoms with Gasteiger partial charge in [0.05, 0.1) is 0 Å². The van der Waals surface area contributed by atoms with Crippen LogP contribution in [0.1, 0.15) is 12.0 Å². The second-order valence-corrected chi connectivity index (χ2v) is 3.94. The lowest BCUT2D eigenvalue weighted by molar-refractivity contribution is -0.275. The number of para-hydroxylation sites is 1. The van der Waals surface area contributed by atoms with E-state index >= 15 is 0 Å². The molecule has 1 aromatic rings. The fraction of sp³-hybridized carbons (Fsp3) is 0.455. The Hall–Kier alpha value is -1.30. The fourth-order valence-electron chi connectivity index (χ4n) is 1.94. The standard InChI is InChI=1S/C11H11F4NO/c12-10(5-6-16-7-10)8-3-1-2-4-9(8)17-11(13,14)15/h1-4,16H,5-7H2/t10-/m1/s1. The lowest BCUT2D eigenvalue weighted by Crippen LogP contribution is -2.26. The van der Waals surface area contributed by atoms with E-state index in [-0.39, 0.29) is 18.5 Å². The topological polar surface area (TPSA) is 21.3 Å². The molecule has 1 aromatic carbocycles. The minimum Gasteiger partial charge on any atom is -0.405 e. The maximum absolute atomic E-state index is 14.4. The van der Waals surface area contributed by atoms with Crippen LogP contribution in [0.15, 0.2) is 24.3 Å². The summed E-state index contributed by atoms with van der Waals surface area (Å²) in [7, 11) is 0. The predicted molar refractivity (Wildman–Crippen MR) is 53.4 cm³/mol. The molecule has 1 aliphatic heterocycles. The van der Waals surface area contributed by atoms with Crippen LogP contribution in [0.5, 0.6) is 5.75 Å². The summed E-state index contributed by atoms with van der Waals surface area (Å²) in [6, 6.07) is 5.34. The maximum Gasteiger partial charge on any atom is 0.573 e. The van der Waals surface area contributed by atoms with Gasteiger partial charge in [-0.2, -0.15) is 0 Å². The highest BCUT2D eigenvalue weighted by atomic mass is 19.4. The first-order chi connectivity index (χ1) is 7.91. The molecule has 0 unspecified atom stereocenters. The Kier molecular flexibility index (Phi) is 2.99. The van der Waals surface area contributed by atoms with E-state index in [0.717, 1.165) is 6.07 Å². The Morgan fingerprint density at radius 1 is 1.24 bits per heavy atom. The number of rotatable bonds is 2. The van der Waals surface area contributed by atoms with Crippen molar-refractivity contribution in [3.05, 3.63) is 29.8 Å². The van der Waals surface area contributed by atoms with Crippen molar-refractivity contribution in [2.24, 2.45) is 0 Å². The van der Waals surface area contributed by atoms with Crippen LogP contribution >= 0.6 is 0 Å². The molecule has 1 heterocycles. The van der Waals surface area contributed by atoms with E-state index in [1.54, 1.807) is 0 Å². The van der Waals surface area contributed by atoms with Crippen molar-refractivity contribution < 1.29 is 22.3 Å². The molecule has 2 nitrogen and oxygen atoms in total. The molecule has 1 atom stereocenters. The number of hydrogen-bond acceptors (Lipinski definition) is 2. The van der Waals surface area contributed by atoms with Gasteiger partial charge in [0.15, 0.2) is 5.67 Å². The van der Waals surface area contributed by atoms with E-state index in [0.29, 0.717) is 6.54 Å². The highest BCUT2D eigenvalue weighted by molar-refractivity contribution is 5.39. The van der Waals surface area contributed by atoms with Gasteiger partial charge >= 0.3 is 6.36 Å². The molecule has 0 radical (unpaired) electrons. The molecule has 2 rings (SSSR count). The molecule has 17 heavy (non-hydrogen) atoms. The van der Waals surface area contributed by atoms with Gasteiger partial charge in [0.2, 0.25) is 0 Å². The van der Waals surface area contributed by atoms with E-state index in [1.165, 1.54) is 18.2 Å². The third kappa shape index (κ3) is 2.69. The van der Waals surface area contributed by atoms with Crippen LogP contribution in [0.2, 0.25) is 0 Å². The smallest absolute Gasteiger partial charge is 0.405 e. The van der Waals surface area contributed by atoms with Crippen LogP contribution in [-0.4, -0.2) is 19.5 Å². The van der Waals surface area contributed by atoms with E-state index in [4.69, 9.17) is 0 Å². The van der Waals surface area contributed by atoms with Crippen LogP contribution in [0.25, 0.3) is 0 Å². The molecular weight excluding hydrogens is 238 g/mol.